The van der Waals surface area contributed by atoms with Crippen molar-refractivity contribution in [3.05, 3.63) is 5.82 Å². The standard InChI is InChI=1S/C10H14N4O2S/c1-6-12-13-10(14(6)8-3-4-8)17-5-9(16)11-7(2)15/h8H,3-5H2,1-2H3,(H,11,15,16). The molecular weight excluding hydrogens is 240 g/mol. The summed E-state index contributed by atoms with van der Waals surface area (Å²) in [5.74, 6) is 0.424. The van der Waals surface area contributed by atoms with Gasteiger partial charge in [-0.25, -0.2) is 0 Å². The number of rotatable bonds is 4. The molecule has 2 rings (SSSR count). The molecule has 1 aromatic rings. The highest BCUT2D eigenvalue weighted by atomic mass is 32.2. The molecule has 0 spiro atoms. The van der Waals surface area contributed by atoms with Gasteiger partial charge in [0.2, 0.25) is 11.8 Å². The van der Waals surface area contributed by atoms with E-state index in [0.717, 1.165) is 23.8 Å². The van der Waals surface area contributed by atoms with Gasteiger partial charge in [-0.15, -0.1) is 10.2 Å². The molecule has 7 heteroatoms. The van der Waals surface area contributed by atoms with E-state index in [4.69, 9.17) is 0 Å². The normalized spacial score (nSPS) is 14.7. The molecule has 1 N–H and O–H groups in total. The van der Waals surface area contributed by atoms with Gasteiger partial charge >= 0.3 is 0 Å². The predicted octanol–water partition coefficient (Wildman–Crippen LogP) is 0.676. The van der Waals surface area contributed by atoms with Crippen LogP contribution in [0.1, 0.15) is 31.6 Å². The van der Waals surface area contributed by atoms with Crippen molar-refractivity contribution >= 4 is 23.6 Å². The summed E-state index contributed by atoms with van der Waals surface area (Å²) < 4.78 is 2.06. The Balaban J connectivity index is 1.95. The lowest BCUT2D eigenvalue weighted by molar-refractivity contribution is -0.127. The van der Waals surface area contributed by atoms with Crippen molar-refractivity contribution in [2.45, 2.75) is 37.9 Å². The first-order chi connectivity index (χ1) is 8.08. The molecule has 0 bridgehead atoms. The summed E-state index contributed by atoms with van der Waals surface area (Å²) in [6, 6.07) is 0.489. The van der Waals surface area contributed by atoms with Crippen molar-refractivity contribution in [3.63, 3.8) is 0 Å². The zero-order valence-corrected chi connectivity index (χ0v) is 10.6. The summed E-state index contributed by atoms with van der Waals surface area (Å²) >= 11 is 1.31. The van der Waals surface area contributed by atoms with Crippen LogP contribution in [-0.4, -0.2) is 32.3 Å². The smallest absolute Gasteiger partial charge is 0.237 e. The molecule has 0 aliphatic heterocycles. The summed E-state index contributed by atoms with van der Waals surface area (Å²) in [6.45, 7) is 3.23. The van der Waals surface area contributed by atoms with E-state index in [2.05, 4.69) is 20.1 Å². The van der Waals surface area contributed by atoms with Crippen LogP contribution in [0.15, 0.2) is 5.16 Å². The van der Waals surface area contributed by atoms with E-state index in [-0.39, 0.29) is 17.6 Å². The summed E-state index contributed by atoms with van der Waals surface area (Å²) in [5, 5.41) is 11.0. The highest BCUT2D eigenvalue weighted by Crippen LogP contribution is 2.38. The fourth-order valence-corrected chi connectivity index (χ4v) is 2.42. The van der Waals surface area contributed by atoms with E-state index in [9.17, 15) is 9.59 Å². The van der Waals surface area contributed by atoms with Crippen molar-refractivity contribution in [1.82, 2.24) is 20.1 Å². The number of nitrogens with one attached hydrogen (secondary N) is 1. The molecule has 0 aromatic carbocycles. The number of amides is 2. The molecule has 1 aliphatic rings. The van der Waals surface area contributed by atoms with Crippen LogP contribution in [0, 0.1) is 6.92 Å². The first-order valence-electron chi connectivity index (χ1n) is 5.42. The van der Waals surface area contributed by atoms with E-state index in [1.807, 2.05) is 6.92 Å². The van der Waals surface area contributed by atoms with Gasteiger partial charge in [0.05, 0.1) is 5.75 Å². The lowest BCUT2D eigenvalue weighted by atomic mass is 10.6. The maximum Gasteiger partial charge on any atom is 0.237 e. The Bertz CT molecular complexity index is 453. The maximum absolute atomic E-state index is 11.3. The SMILES string of the molecule is CC(=O)NC(=O)CSc1nnc(C)n1C1CC1. The Kier molecular flexibility index (Phi) is 3.46. The van der Waals surface area contributed by atoms with Gasteiger partial charge in [0, 0.05) is 13.0 Å². The Labute approximate surface area is 103 Å². The number of hydrogen-bond acceptors (Lipinski definition) is 5. The number of aryl methyl sites for hydroxylation is 1. The summed E-state index contributed by atoms with van der Waals surface area (Å²) in [6.07, 6.45) is 2.29. The number of carbonyl (C=O) groups is 2. The van der Waals surface area contributed by atoms with Crippen molar-refractivity contribution in [2.75, 3.05) is 5.75 Å². The average Bonchev–Trinajstić information content (AvgIpc) is 2.99. The zero-order valence-electron chi connectivity index (χ0n) is 9.77. The summed E-state index contributed by atoms with van der Waals surface area (Å²) in [7, 11) is 0. The molecular formula is C10H14N4O2S. The van der Waals surface area contributed by atoms with Crippen LogP contribution < -0.4 is 5.32 Å². The van der Waals surface area contributed by atoms with Crippen molar-refractivity contribution in [2.24, 2.45) is 0 Å². The van der Waals surface area contributed by atoms with Crippen molar-refractivity contribution in [3.8, 4) is 0 Å². The molecule has 1 saturated carbocycles. The Morgan fingerprint density at radius 3 is 2.76 bits per heavy atom. The average molecular weight is 254 g/mol. The second-order valence-corrected chi connectivity index (χ2v) is 4.97. The molecule has 0 unspecified atom stereocenters. The molecule has 1 heterocycles. The Morgan fingerprint density at radius 2 is 2.18 bits per heavy atom. The molecule has 1 fully saturated rings. The topological polar surface area (TPSA) is 76.9 Å². The van der Waals surface area contributed by atoms with Crippen LogP contribution in [0.3, 0.4) is 0 Å². The van der Waals surface area contributed by atoms with Gasteiger partial charge in [0.1, 0.15) is 5.82 Å². The molecule has 0 radical (unpaired) electrons. The Hall–Kier alpha value is -1.37. The quantitative estimate of drug-likeness (QED) is 0.799. The molecule has 1 aromatic heterocycles. The first kappa shape index (κ1) is 12.1. The fourth-order valence-electron chi connectivity index (χ4n) is 1.56. The minimum Gasteiger partial charge on any atom is -0.303 e. The zero-order chi connectivity index (χ0) is 12.4. The van der Waals surface area contributed by atoms with Crippen molar-refractivity contribution < 1.29 is 9.59 Å². The van der Waals surface area contributed by atoms with E-state index in [1.165, 1.54) is 18.7 Å². The number of thioether (sulfide) groups is 1. The van der Waals surface area contributed by atoms with Gasteiger partial charge in [-0.3, -0.25) is 14.9 Å². The highest BCUT2D eigenvalue weighted by Gasteiger charge is 2.28. The fraction of sp³-hybridized carbons (Fsp3) is 0.600. The van der Waals surface area contributed by atoms with Gasteiger partial charge in [-0.05, 0) is 19.8 Å². The molecule has 17 heavy (non-hydrogen) atoms. The number of carbonyl (C=O) groups excluding carboxylic acids is 2. The minimum atomic E-state index is -0.338. The van der Waals surface area contributed by atoms with Crippen LogP contribution in [0.25, 0.3) is 0 Å². The third-order valence-electron chi connectivity index (χ3n) is 2.39. The second kappa shape index (κ2) is 4.87. The first-order valence-corrected chi connectivity index (χ1v) is 6.41. The summed E-state index contributed by atoms with van der Waals surface area (Å²) in [4.78, 5) is 22.0. The van der Waals surface area contributed by atoms with Crippen LogP contribution >= 0.6 is 11.8 Å². The van der Waals surface area contributed by atoms with E-state index in [1.54, 1.807) is 0 Å². The van der Waals surface area contributed by atoms with Gasteiger partial charge in [0.25, 0.3) is 0 Å². The third kappa shape index (κ3) is 3.06. The number of imide groups is 1. The van der Waals surface area contributed by atoms with Gasteiger partial charge in [0.15, 0.2) is 5.16 Å². The van der Waals surface area contributed by atoms with E-state index < -0.39 is 0 Å². The largest absolute Gasteiger partial charge is 0.303 e. The minimum absolute atomic E-state index is 0.185. The number of nitrogens with zero attached hydrogens (tertiary/aromatic N) is 3. The molecule has 0 atom stereocenters. The van der Waals surface area contributed by atoms with Gasteiger partial charge < -0.3 is 4.57 Å². The van der Waals surface area contributed by atoms with Crippen molar-refractivity contribution in [1.29, 1.82) is 0 Å². The second-order valence-electron chi connectivity index (χ2n) is 4.02. The maximum atomic E-state index is 11.3. The van der Waals surface area contributed by atoms with Crippen LogP contribution in [0.4, 0.5) is 0 Å². The monoisotopic (exact) mass is 254 g/mol. The van der Waals surface area contributed by atoms with Crippen LogP contribution in [0.5, 0.6) is 0 Å². The van der Waals surface area contributed by atoms with Gasteiger partial charge in [-0.1, -0.05) is 11.8 Å². The van der Waals surface area contributed by atoms with Gasteiger partial charge in [-0.2, -0.15) is 0 Å². The molecule has 0 saturated heterocycles. The molecule has 2 amide bonds. The van der Waals surface area contributed by atoms with Crippen LogP contribution in [0.2, 0.25) is 0 Å². The third-order valence-corrected chi connectivity index (χ3v) is 3.34. The van der Waals surface area contributed by atoms with E-state index in [0.29, 0.717) is 6.04 Å². The van der Waals surface area contributed by atoms with E-state index >= 15 is 0 Å². The molecule has 6 nitrogen and oxygen atoms in total. The predicted molar refractivity (Wildman–Crippen MR) is 62.6 cm³/mol. The number of hydrogen-bond donors (Lipinski definition) is 1. The number of aromatic nitrogens is 3. The lowest BCUT2D eigenvalue weighted by Gasteiger charge is -2.05. The summed E-state index contributed by atoms with van der Waals surface area (Å²) in [5.41, 5.74) is 0. The molecule has 92 valence electrons. The molecule has 1 aliphatic carbocycles. The Morgan fingerprint density at radius 1 is 1.47 bits per heavy atom. The highest BCUT2D eigenvalue weighted by molar-refractivity contribution is 7.99. The van der Waals surface area contributed by atoms with Crippen LogP contribution in [-0.2, 0) is 9.59 Å². The lowest BCUT2D eigenvalue weighted by Crippen LogP contribution is -2.29.